The topological polar surface area (TPSA) is 119 Å². The zero-order valence-corrected chi connectivity index (χ0v) is 11.6. The van der Waals surface area contributed by atoms with E-state index >= 15 is 0 Å². The van der Waals surface area contributed by atoms with Crippen molar-refractivity contribution in [1.82, 2.24) is 19.5 Å². The molecule has 0 amide bonds. The van der Waals surface area contributed by atoms with Crippen LogP contribution in [0, 0.1) is 0 Å². The van der Waals surface area contributed by atoms with Gasteiger partial charge in [0.05, 0.1) is 12.4 Å². The molecule has 0 aliphatic carbocycles. The van der Waals surface area contributed by atoms with Crippen LogP contribution < -0.4 is 5.73 Å². The van der Waals surface area contributed by atoms with Crippen molar-refractivity contribution in [2.24, 2.45) is 0 Å². The molecule has 2 aromatic heterocycles. The lowest BCUT2D eigenvalue weighted by atomic mass is 9.97. The molecule has 3 heterocycles. The number of hydrogen-bond donors (Lipinski definition) is 3. The van der Waals surface area contributed by atoms with Crippen molar-refractivity contribution in [2.45, 2.75) is 37.9 Å². The number of ether oxygens (including phenoxy) is 1. The van der Waals surface area contributed by atoms with Gasteiger partial charge >= 0.3 is 0 Å². The van der Waals surface area contributed by atoms with Crippen LogP contribution in [0.25, 0.3) is 11.2 Å². The number of aliphatic hydroxyl groups is 2. The van der Waals surface area contributed by atoms with Crippen molar-refractivity contribution in [2.75, 3.05) is 5.73 Å². The second kappa shape index (κ2) is 4.26. The third-order valence-corrected chi connectivity index (χ3v) is 3.80. The first-order valence-corrected chi connectivity index (χ1v) is 6.41. The Bertz CT molecular complexity index is 673. The number of anilines is 1. The Kier molecular flexibility index (Phi) is 2.87. The molecule has 1 saturated heterocycles. The van der Waals surface area contributed by atoms with Crippen LogP contribution >= 0.6 is 11.6 Å². The van der Waals surface area contributed by atoms with Crippen LogP contribution in [0.5, 0.6) is 0 Å². The largest absolute Gasteiger partial charge is 0.387 e. The molecule has 1 fully saturated rings. The first kappa shape index (κ1) is 13.5. The molecule has 20 heavy (non-hydrogen) atoms. The quantitative estimate of drug-likeness (QED) is 0.638. The summed E-state index contributed by atoms with van der Waals surface area (Å²) in [5, 5.41) is 20.5. The Labute approximate surface area is 119 Å². The van der Waals surface area contributed by atoms with E-state index in [-0.39, 0.29) is 11.1 Å². The highest BCUT2D eigenvalue weighted by Gasteiger charge is 2.51. The summed E-state index contributed by atoms with van der Waals surface area (Å²) in [6, 6.07) is 0. The maximum atomic E-state index is 10.4. The highest BCUT2D eigenvalue weighted by Crippen LogP contribution is 2.39. The zero-order chi connectivity index (χ0) is 14.7. The summed E-state index contributed by atoms with van der Waals surface area (Å²) in [5.74, 6) is -0.00418. The molecule has 2 aromatic rings. The molecule has 1 aliphatic heterocycles. The minimum Gasteiger partial charge on any atom is -0.387 e. The maximum absolute atomic E-state index is 10.4. The molecule has 0 aromatic carbocycles. The van der Waals surface area contributed by atoms with Crippen molar-refractivity contribution in [3.05, 3.63) is 11.5 Å². The highest BCUT2D eigenvalue weighted by molar-refractivity contribution is 6.33. The van der Waals surface area contributed by atoms with Gasteiger partial charge in [0.15, 0.2) is 17.0 Å². The maximum Gasteiger partial charge on any atom is 0.223 e. The minimum absolute atomic E-state index is 0.00418. The molecule has 8 nitrogen and oxygen atoms in total. The van der Waals surface area contributed by atoms with Crippen LogP contribution in [0.15, 0.2) is 6.33 Å². The summed E-state index contributed by atoms with van der Waals surface area (Å²) >= 11 is 5.95. The van der Waals surface area contributed by atoms with Gasteiger partial charge in [-0.1, -0.05) is 11.6 Å². The third-order valence-electron chi connectivity index (χ3n) is 3.54. The fourth-order valence-corrected chi connectivity index (χ4v) is 2.67. The van der Waals surface area contributed by atoms with E-state index in [4.69, 9.17) is 22.1 Å². The van der Waals surface area contributed by atoms with Gasteiger partial charge in [0.25, 0.3) is 0 Å². The smallest absolute Gasteiger partial charge is 0.223 e. The van der Waals surface area contributed by atoms with Crippen LogP contribution in [-0.2, 0) is 4.74 Å². The molecule has 108 valence electrons. The Morgan fingerprint density at radius 1 is 1.50 bits per heavy atom. The summed E-state index contributed by atoms with van der Waals surface area (Å²) in [6.07, 6.45) is -0.973. The summed E-state index contributed by atoms with van der Waals surface area (Å²) < 4.78 is 7.09. The van der Waals surface area contributed by atoms with E-state index in [2.05, 4.69) is 15.0 Å². The lowest BCUT2D eigenvalue weighted by Crippen LogP contribution is -2.43. The van der Waals surface area contributed by atoms with Crippen molar-refractivity contribution in [3.8, 4) is 0 Å². The fourth-order valence-electron chi connectivity index (χ4n) is 2.45. The summed E-state index contributed by atoms with van der Waals surface area (Å²) in [4.78, 5) is 12.0. The van der Waals surface area contributed by atoms with Crippen molar-refractivity contribution >= 4 is 28.7 Å². The van der Waals surface area contributed by atoms with Gasteiger partial charge in [-0.15, -0.1) is 0 Å². The summed E-state index contributed by atoms with van der Waals surface area (Å²) in [7, 11) is 0. The number of hydrogen-bond acceptors (Lipinski definition) is 7. The van der Waals surface area contributed by atoms with E-state index in [0.717, 1.165) is 0 Å². The van der Waals surface area contributed by atoms with Gasteiger partial charge in [0, 0.05) is 0 Å². The minimum atomic E-state index is -1.49. The lowest BCUT2D eigenvalue weighted by Gasteiger charge is -2.27. The second-order valence-electron chi connectivity index (χ2n) is 5.06. The number of nitrogen functional groups attached to an aromatic ring is 1. The van der Waals surface area contributed by atoms with Crippen molar-refractivity contribution in [3.63, 3.8) is 0 Å². The van der Waals surface area contributed by atoms with E-state index in [0.29, 0.717) is 11.2 Å². The monoisotopic (exact) mass is 299 g/mol. The number of rotatable bonds is 1. The predicted octanol–water partition coefficient (Wildman–Crippen LogP) is 0.0911. The number of nitrogens with two attached hydrogens (primary N) is 1. The number of halogens is 1. The third kappa shape index (κ3) is 1.76. The number of aliphatic hydroxyl groups excluding tert-OH is 1. The van der Waals surface area contributed by atoms with Crippen LogP contribution in [0.1, 0.15) is 20.1 Å². The van der Waals surface area contributed by atoms with E-state index in [1.807, 2.05) is 0 Å². The van der Waals surface area contributed by atoms with E-state index < -0.39 is 24.0 Å². The number of nitrogens with zero attached hydrogens (tertiary/aromatic N) is 4. The Morgan fingerprint density at radius 3 is 2.80 bits per heavy atom. The van der Waals surface area contributed by atoms with Gasteiger partial charge in [-0.25, -0.2) is 4.98 Å². The Hall–Kier alpha value is -1.48. The second-order valence-corrected chi connectivity index (χ2v) is 5.42. The molecule has 3 rings (SSSR count). The molecule has 4 atom stereocenters. The zero-order valence-electron chi connectivity index (χ0n) is 10.9. The molecule has 9 heteroatoms. The van der Waals surface area contributed by atoms with Crippen molar-refractivity contribution in [1.29, 1.82) is 0 Å². The van der Waals surface area contributed by atoms with Crippen LogP contribution in [0.4, 0.5) is 5.95 Å². The normalized spacial score (nSPS) is 34.0. The van der Waals surface area contributed by atoms with Crippen LogP contribution in [0.3, 0.4) is 0 Å². The molecule has 1 aliphatic rings. The van der Waals surface area contributed by atoms with Gasteiger partial charge in [-0.05, 0) is 13.8 Å². The van der Waals surface area contributed by atoms with Crippen LogP contribution in [0.2, 0.25) is 5.15 Å². The van der Waals surface area contributed by atoms with Crippen molar-refractivity contribution < 1.29 is 14.9 Å². The lowest BCUT2D eigenvalue weighted by molar-refractivity contribution is -0.0936. The number of imidazole rings is 1. The van der Waals surface area contributed by atoms with Gasteiger partial charge < -0.3 is 20.7 Å². The number of fused-ring (bicyclic) bond motifs is 1. The average Bonchev–Trinajstić information content (AvgIpc) is 2.85. The van der Waals surface area contributed by atoms with E-state index in [1.165, 1.54) is 17.8 Å². The SMILES string of the molecule is CC1O[C@@H](n2cnc3c(Cl)nc(N)nc32)[C@](C)(O)C1O. The first-order chi connectivity index (χ1) is 9.32. The molecule has 0 saturated carbocycles. The molecular weight excluding hydrogens is 286 g/mol. The van der Waals surface area contributed by atoms with Gasteiger partial charge in [-0.2, -0.15) is 9.97 Å². The Morgan fingerprint density at radius 2 is 2.20 bits per heavy atom. The average molecular weight is 300 g/mol. The summed E-state index contributed by atoms with van der Waals surface area (Å²) in [6.45, 7) is 3.17. The molecule has 0 spiro atoms. The molecule has 2 unspecified atom stereocenters. The van der Waals surface area contributed by atoms with Gasteiger partial charge in [-0.3, -0.25) is 4.57 Å². The first-order valence-electron chi connectivity index (χ1n) is 6.04. The Balaban J connectivity index is 2.16. The van der Waals surface area contributed by atoms with Crippen LogP contribution in [-0.4, -0.2) is 47.5 Å². The van der Waals surface area contributed by atoms with Gasteiger partial charge in [0.2, 0.25) is 5.95 Å². The fraction of sp³-hybridized carbons (Fsp3) is 0.545. The molecular formula is C11H14ClN5O3. The number of aromatic nitrogens is 4. The van der Waals surface area contributed by atoms with Gasteiger partial charge in [0.1, 0.15) is 17.2 Å². The molecule has 4 N–H and O–H groups in total. The van der Waals surface area contributed by atoms with E-state index in [1.54, 1.807) is 6.92 Å². The molecule has 0 bridgehead atoms. The molecule has 0 radical (unpaired) electrons. The van der Waals surface area contributed by atoms with E-state index in [9.17, 15) is 10.2 Å². The standard InChI is InChI=1S/C11H14ClN5O3/c1-4-6(18)11(2,19)9(20-4)17-3-14-5-7(12)15-10(13)16-8(5)17/h3-4,6,9,18-19H,1-2H3,(H2,13,15,16)/t4?,6?,9-,11-/m1/s1. The summed E-state index contributed by atoms with van der Waals surface area (Å²) in [5.41, 5.74) is 4.78. The highest BCUT2D eigenvalue weighted by atomic mass is 35.5. The predicted molar refractivity (Wildman–Crippen MR) is 71.0 cm³/mol.